The topological polar surface area (TPSA) is 26.3 Å². The fourth-order valence-electron chi connectivity index (χ4n) is 0.977. The molecule has 0 atom stereocenters. The van der Waals surface area contributed by atoms with Gasteiger partial charge in [0.2, 0.25) is 0 Å². The Bertz CT molecular complexity index is 370. The molecule has 0 saturated heterocycles. The maximum atomic E-state index is 13.2. The maximum absolute atomic E-state index is 13.2. The van der Waals surface area contributed by atoms with Gasteiger partial charge in [-0.1, -0.05) is 0 Å². The minimum Gasteiger partial charge on any atom is -0.497 e. The van der Waals surface area contributed by atoms with Crippen LogP contribution in [-0.4, -0.2) is 12.9 Å². The molecular weight excluding hydrogens is 183 g/mol. The van der Waals surface area contributed by atoms with Gasteiger partial charge in [0, 0.05) is 11.6 Å². The number of ketones is 1. The third kappa shape index (κ3) is 2.69. The van der Waals surface area contributed by atoms with Gasteiger partial charge in [-0.15, -0.1) is 0 Å². The van der Waals surface area contributed by atoms with Gasteiger partial charge in [0.05, 0.1) is 7.11 Å². The number of rotatable bonds is 3. The number of halogens is 1. The van der Waals surface area contributed by atoms with Crippen LogP contribution in [0.3, 0.4) is 0 Å². The van der Waals surface area contributed by atoms with E-state index >= 15 is 0 Å². The van der Waals surface area contributed by atoms with Crippen LogP contribution in [0.2, 0.25) is 0 Å². The average Bonchev–Trinajstić information content (AvgIpc) is 2.15. The number of carbonyl (C=O) groups excluding carboxylic acids is 1. The molecule has 0 N–H and O–H groups in total. The Balaban J connectivity index is 2.94. The van der Waals surface area contributed by atoms with E-state index < -0.39 is 5.82 Å². The molecule has 0 saturated carbocycles. The van der Waals surface area contributed by atoms with Gasteiger partial charge in [0.1, 0.15) is 11.6 Å². The van der Waals surface area contributed by atoms with Crippen LogP contribution in [0.5, 0.6) is 5.75 Å². The minimum atomic E-state index is -0.401. The molecule has 0 aromatic heterocycles. The molecule has 0 aliphatic carbocycles. The van der Waals surface area contributed by atoms with E-state index in [2.05, 4.69) is 0 Å². The maximum Gasteiger partial charge on any atom is 0.152 e. The third-order valence-electron chi connectivity index (χ3n) is 1.71. The van der Waals surface area contributed by atoms with Crippen LogP contribution in [0.25, 0.3) is 6.08 Å². The van der Waals surface area contributed by atoms with Gasteiger partial charge < -0.3 is 4.74 Å². The Morgan fingerprint density at radius 1 is 1.50 bits per heavy atom. The highest BCUT2D eigenvalue weighted by Crippen LogP contribution is 2.17. The van der Waals surface area contributed by atoms with Crippen molar-refractivity contribution in [1.29, 1.82) is 0 Å². The first-order valence-electron chi connectivity index (χ1n) is 4.15. The molecule has 0 amide bonds. The molecule has 0 radical (unpaired) electrons. The number of ether oxygens (including phenoxy) is 1. The van der Waals surface area contributed by atoms with E-state index in [1.165, 1.54) is 32.3 Å². The highest BCUT2D eigenvalue weighted by atomic mass is 19.1. The molecule has 14 heavy (non-hydrogen) atoms. The zero-order valence-electron chi connectivity index (χ0n) is 8.08. The first-order chi connectivity index (χ1) is 6.63. The Kier molecular flexibility index (Phi) is 3.40. The lowest BCUT2D eigenvalue weighted by Gasteiger charge is -2.01. The van der Waals surface area contributed by atoms with Crippen LogP contribution in [0.4, 0.5) is 4.39 Å². The van der Waals surface area contributed by atoms with Crippen molar-refractivity contribution in [3.8, 4) is 5.75 Å². The summed E-state index contributed by atoms with van der Waals surface area (Å²) in [6.07, 6.45) is 2.77. The van der Waals surface area contributed by atoms with Gasteiger partial charge in [0.25, 0.3) is 0 Å². The summed E-state index contributed by atoms with van der Waals surface area (Å²) in [5.74, 6) is -0.0513. The predicted molar refractivity (Wildman–Crippen MR) is 52.7 cm³/mol. The smallest absolute Gasteiger partial charge is 0.152 e. The van der Waals surface area contributed by atoms with Crippen molar-refractivity contribution in [1.82, 2.24) is 0 Å². The molecular formula is C11H11FO2. The highest BCUT2D eigenvalue weighted by molar-refractivity contribution is 5.91. The average molecular weight is 194 g/mol. The quantitative estimate of drug-likeness (QED) is 0.691. The normalized spacial score (nSPS) is 10.5. The second-order valence-corrected chi connectivity index (χ2v) is 2.83. The molecule has 74 valence electrons. The molecule has 1 rings (SSSR count). The van der Waals surface area contributed by atoms with Crippen LogP contribution in [0.1, 0.15) is 12.5 Å². The first kappa shape index (κ1) is 10.4. The monoisotopic (exact) mass is 194 g/mol. The van der Waals surface area contributed by atoms with Crippen molar-refractivity contribution in [3.63, 3.8) is 0 Å². The van der Waals surface area contributed by atoms with Crippen LogP contribution >= 0.6 is 0 Å². The molecule has 0 aliphatic heterocycles. The first-order valence-corrected chi connectivity index (χ1v) is 4.15. The fourth-order valence-corrected chi connectivity index (χ4v) is 0.977. The van der Waals surface area contributed by atoms with Gasteiger partial charge in [-0.3, -0.25) is 4.79 Å². The largest absolute Gasteiger partial charge is 0.497 e. The Morgan fingerprint density at radius 2 is 2.21 bits per heavy atom. The van der Waals surface area contributed by atoms with Crippen LogP contribution in [0.15, 0.2) is 24.3 Å². The summed E-state index contributed by atoms with van der Waals surface area (Å²) in [5, 5.41) is 0. The van der Waals surface area contributed by atoms with E-state index in [9.17, 15) is 9.18 Å². The Labute approximate surface area is 82.0 Å². The van der Waals surface area contributed by atoms with Gasteiger partial charge in [-0.05, 0) is 31.2 Å². The third-order valence-corrected chi connectivity index (χ3v) is 1.71. The van der Waals surface area contributed by atoms with Gasteiger partial charge in [-0.2, -0.15) is 0 Å². The molecule has 0 fully saturated rings. The lowest BCUT2D eigenvalue weighted by molar-refractivity contribution is -0.112. The number of carbonyl (C=O) groups is 1. The lowest BCUT2D eigenvalue weighted by Crippen LogP contribution is -1.87. The molecule has 0 unspecified atom stereocenters. The van der Waals surface area contributed by atoms with Crippen molar-refractivity contribution in [2.75, 3.05) is 7.11 Å². The Hall–Kier alpha value is -1.64. The number of benzene rings is 1. The zero-order chi connectivity index (χ0) is 10.6. The van der Waals surface area contributed by atoms with E-state index in [1.807, 2.05) is 0 Å². The fraction of sp³-hybridized carbons (Fsp3) is 0.182. The summed E-state index contributed by atoms with van der Waals surface area (Å²) < 4.78 is 18.1. The summed E-state index contributed by atoms with van der Waals surface area (Å²) in [4.78, 5) is 10.6. The van der Waals surface area contributed by atoms with Crippen molar-refractivity contribution >= 4 is 11.9 Å². The van der Waals surface area contributed by atoms with E-state index in [0.717, 1.165) is 0 Å². The van der Waals surface area contributed by atoms with E-state index in [-0.39, 0.29) is 5.78 Å². The SMILES string of the molecule is COc1ccc(/C=C/C(C)=O)c(F)c1. The Morgan fingerprint density at radius 3 is 2.71 bits per heavy atom. The summed E-state index contributed by atoms with van der Waals surface area (Å²) in [7, 11) is 1.47. The lowest BCUT2D eigenvalue weighted by atomic mass is 10.2. The van der Waals surface area contributed by atoms with E-state index in [4.69, 9.17) is 4.74 Å². The highest BCUT2D eigenvalue weighted by Gasteiger charge is 2.00. The van der Waals surface area contributed by atoms with Crippen LogP contribution < -0.4 is 4.74 Å². The molecule has 2 nitrogen and oxygen atoms in total. The van der Waals surface area contributed by atoms with Gasteiger partial charge in [-0.25, -0.2) is 4.39 Å². The van der Waals surface area contributed by atoms with Gasteiger partial charge >= 0.3 is 0 Å². The molecule has 1 aromatic carbocycles. The second-order valence-electron chi connectivity index (χ2n) is 2.83. The molecule has 1 aromatic rings. The molecule has 0 bridgehead atoms. The minimum absolute atomic E-state index is 0.111. The number of allylic oxidation sites excluding steroid dienone is 1. The zero-order valence-corrected chi connectivity index (χ0v) is 8.08. The summed E-state index contributed by atoms with van der Waals surface area (Å²) in [5.41, 5.74) is 0.376. The van der Waals surface area contributed by atoms with Crippen molar-refractivity contribution in [2.24, 2.45) is 0 Å². The van der Waals surface area contributed by atoms with Crippen molar-refractivity contribution in [2.45, 2.75) is 6.92 Å². The number of hydrogen-bond donors (Lipinski definition) is 0. The number of hydrogen-bond acceptors (Lipinski definition) is 2. The molecule has 0 heterocycles. The standard InChI is InChI=1S/C11H11FO2/c1-8(13)3-4-9-5-6-10(14-2)7-11(9)12/h3-7H,1-2H3/b4-3+. The van der Waals surface area contributed by atoms with Gasteiger partial charge in [0.15, 0.2) is 5.78 Å². The molecule has 0 aliphatic rings. The van der Waals surface area contributed by atoms with Crippen LogP contribution in [-0.2, 0) is 4.79 Å². The molecule has 0 spiro atoms. The summed E-state index contributed by atoms with van der Waals surface area (Å²) in [6.45, 7) is 1.41. The van der Waals surface area contributed by atoms with Crippen LogP contribution in [0, 0.1) is 5.82 Å². The summed E-state index contributed by atoms with van der Waals surface area (Å²) in [6, 6.07) is 4.48. The summed E-state index contributed by atoms with van der Waals surface area (Å²) >= 11 is 0. The molecule has 3 heteroatoms. The van der Waals surface area contributed by atoms with Crippen molar-refractivity contribution in [3.05, 3.63) is 35.7 Å². The van der Waals surface area contributed by atoms with E-state index in [1.54, 1.807) is 12.1 Å². The van der Waals surface area contributed by atoms with Crippen molar-refractivity contribution < 1.29 is 13.9 Å². The predicted octanol–water partition coefficient (Wildman–Crippen LogP) is 2.44. The number of methoxy groups -OCH3 is 1. The second kappa shape index (κ2) is 4.56. The van der Waals surface area contributed by atoms with E-state index in [0.29, 0.717) is 11.3 Å².